The van der Waals surface area contributed by atoms with Crippen molar-refractivity contribution in [1.82, 2.24) is 9.80 Å². The average molecular weight is 388 g/mol. The lowest BCUT2D eigenvalue weighted by molar-refractivity contribution is -0.145. The molecule has 0 aromatic heterocycles. The van der Waals surface area contributed by atoms with Crippen LogP contribution in [-0.4, -0.2) is 56.5 Å². The molecule has 4 nitrogen and oxygen atoms in total. The minimum Gasteiger partial charge on any atom is -0.339 e. The first-order chi connectivity index (χ1) is 9.95. The van der Waals surface area contributed by atoms with Gasteiger partial charge in [-0.1, -0.05) is 0 Å². The summed E-state index contributed by atoms with van der Waals surface area (Å²) in [4.78, 5) is 28.5. The molecular weight excluding hydrogens is 370 g/mol. The fraction of sp³-hybridized carbons (Fsp3) is 0.857. The number of hydrogen-bond acceptors (Lipinski definition) is 2. The number of piperazine rings is 1. The van der Waals surface area contributed by atoms with Gasteiger partial charge in [-0.2, -0.15) is 0 Å². The van der Waals surface area contributed by atoms with E-state index in [1.165, 1.54) is 0 Å². The predicted molar refractivity (Wildman–Crippen MR) is 87.5 cm³/mol. The monoisotopic (exact) mass is 386 g/mol. The molecule has 0 radical (unpaired) electrons. The normalized spacial score (nSPS) is 38.6. The highest BCUT2D eigenvalue weighted by molar-refractivity contribution is 6.53. The molecule has 0 N–H and O–H groups in total. The fourth-order valence-corrected chi connectivity index (χ4v) is 4.47. The van der Waals surface area contributed by atoms with Crippen LogP contribution in [0.5, 0.6) is 0 Å². The molecule has 8 heteroatoms. The predicted octanol–water partition coefficient (Wildman–Crippen LogP) is 2.83. The molecule has 22 heavy (non-hydrogen) atoms. The number of amides is 2. The van der Waals surface area contributed by atoms with Crippen LogP contribution in [-0.2, 0) is 9.59 Å². The van der Waals surface area contributed by atoms with E-state index in [1.54, 1.807) is 23.6 Å². The van der Waals surface area contributed by atoms with Crippen LogP contribution in [0.3, 0.4) is 0 Å². The van der Waals surface area contributed by atoms with Crippen molar-refractivity contribution in [1.29, 1.82) is 0 Å². The Hall–Kier alpha value is 0.1000. The Labute approximate surface area is 150 Å². The first-order valence-electron chi connectivity index (χ1n) is 7.29. The highest BCUT2D eigenvalue weighted by Crippen LogP contribution is 2.65. The second-order valence-electron chi connectivity index (χ2n) is 7.01. The standard InChI is InChI=1S/C14H18Cl4N2O2/c1-11(7-13(11,15)16)9(21)19-3-5-20(6-4-19)10(22)12(2)8-14(12,17)18/h3-8H2,1-2H3/t11-,12-/m0/s1. The largest absolute Gasteiger partial charge is 0.339 e. The van der Waals surface area contributed by atoms with Crippen molar-refractivity contribution in [3.05, 3.63) is 0 Å². The van der Waals surface area contributed by atoms with Crippen molar-refractivity contribution >= 4 is 58.2 Å². The van der Waals surface area contributed by atoms with Gasteiger partial charge in [-0.25, -0.2) is 0 Å². The Balaban J connectivity index is 1.58. The smallest absolute Gasteiger partial charge is 0.231 e. The van der Waals surface area contributed by atoms with Gasteiger partial charge in [0.1, 0.15) is 8.67 Å². The molecule has 2 saturated carbocycles. The molecule has 1 aliphatic heterocycles. The number of carbonyl (C=O) groups is 2. The van der Waals surface area contributed by atoms with Gasteiger partial charge in [-0.3, -0.25) is 9.59 Å². The Morgan fingerprint density at radius 3 is 1.14 bits per heavy atom. The van der Waals surface area contributed by atoms with E-state index in [1.807, 2.05) is 0 Å². The summed E-state index contributed by atoms with van der Waals surface area (Å²) in [5.41, 5.74) is -1.40. The molecule has 1 saturated heterocycles. The summed E-state index contributed by atoms with van der Waals surface area (Å²) in [6.45, 7) is 5.51. The Morgan fingerprint density at radius 1 is 0.727 bits per heavy atom. The van der Waals surface area contributed by atoms with E-state index < -0.39 is 19.5 Å². The maximum Gasteiger partial charge on any atom is 0.231 e. The van der Waals surface area contributed by atoms with Crippen LogP contribution in [0.2, 0.25) is 0 Å². The van der Waals surface area contributed by atoms with E-state index in [4.69, 9.17) is 46.4 Å². The van der Waals surface area contributed by atoms with Crippen LogP contribution < -0.4 is 0 Å². The van der Waals surface area contributed by atoms with E-state index >= 15 is 0 Å². The second kappa shape index (κ2) is 4.81. The molecule has 3 aliphatic rings. The van der Waals surface area contributed by atoms with Gasteiger partial charge < -0.3 is 9.80 Å². The number of carbonyl (C=O) groups excluding carboxylic acids is 2. The summed E-state index contributed by atoms with van der Waals surface area (Å²) >= 11 is 24.3. The van der Waals surface area contributed by atoms with E-state index in [2.05, 4.69) is 0 Å². The van der Waals surface area contributed by atoms with E-state index in [0.717, 1.165) is 0 Å². The third-order valence-electron chi connectivity index (χ3n) is 5.31. The molecule has 3 rings (SSSR count). The van der Waals surface area contributed by atoms with Crippen molar-refractivity contribution in [2.75, 3.05) is 26.2 Å². The molecule has 0 bridgehead atoms. The molecule has 0 spiro atoms. The third kappa shape index (κ3) is 2.33. The summed E-state index contributed by atoms with van der Waals surface area (Å²) < 4.78 is -1.93. The molecule has 124 valence electrons. The van der Waals surface area contributed by atoms with E-state index in [-0.39, 0.29) is 11.8 Å². The zero-order valence-corrected chi connectivity index (χ0v) is 15.5. The molecule has 2 amide bonds. The van der Waals surface area contributed by atoms with Crippen molar-refractivity contribution in [3.8, 4) is 0 Å². The molecular formula is C14H18Cl4N2O2. The van der Waals surface area contributed by atoms with Crippen LogP contribution in [0.25, 0.3) is 0 Å². The van der Waals surface area contributed by atoms with Crippen LogP contribution in [0.4, 0.5) is 0 Å². The number of alkyl halides is 4. The first-order valence-corrected chi connectivity index (χ1v) is 8.80. The van der Waals surface area contributed by atoms with Crippen molar-refractivity contribution in [2.45, 2.75) is 35.4 Å². The molecule has 2 aliphatic carbocycles. The summed E-state index contributed by atoms with van der Waals surface area (Å²) in [7, 11) is 0. The molecule has 0 unspecified atom stereocenters. The summed E-state index contributed by atoms with van der Waals surface area (Å²) in [5.74, 6) is -0.0717. The Kier molecular flexibility index (Phi) is 3.70. The molecule has 1 heterocycles. The SMILES string of the molecule is C[C@@]1(C(=O)N2CCN(C(=O)[C@]3(C)CC3(Cl)Cl)CC2)CC1(Cl)Cl. The van der Waals surface area contributed by atoms with Crippen molar-refractivity contribution in [2.24, 2.45) is 10.8 Å². The van der Waals surface area contributed by atoms with Gasteiger partial charge in [0.05, 0.1) is 10.8 Å². The molecule has 0 aromatic carbocycles. The zero-order chi connectivity index (χ0) is 16.6. The fourth-order valence-electron chi connectivity index (χ4n) is 3.07. The third-order valence-corrected chi connectivity index (χ3v) is 7.52. The average Bonchev–Trinajstić information content (AvgIpc) is 3.17. The van der Waals surface area contributed by atoms with E-state index in [9.17, 15) is 9.59 Å². The number of halogens is 4. The lowest BCUT2D eigenvalue weighted by Crippen LogP contribution is -2.54. The zero-order valence-electron chi connectivity index (χ0n) is 12.5. The minimum absolute atomic E-state index is 0.0359. The topological polar surface area (TPSA) is 40.6 Å². The summed E-state index contributed by atoms with van der Waals surface area (Å²) in [6, 6.07) is 0. The summed E-state index contributed by atoms with van der Waals surface area (Å²) in [5, 5.41) is 0. The molecule has 0 aromatic rings. The van der Waals surface area contributed by atoms with Gasteiger partial charge in [0.15, 0.2) is 0 Å². The van der Waals surface area contributed by atoms with Gasteiger partial charge in [0, 0.05) is 26.2 Å². The maximum atomic E-state index is 12.5. The van der Waals surface area contributed by atoms with Crippen LogP contribution in [0.15, 0.2) is 0 Å². The van der Waals surface area contributed by atoms with Gasteiger partial charge in [-0.15, -0.1) is 46.4 Å². The van der Waals surface area contributed by atoms with Gasteiger partial charge in [0.25, 0.3) is 0 Å². The minimum atomic E-state index is -0.963. The number of rotatable bonds is 2. The second-order valence-corrected chi connectivity index (χ2v) is 9.98. The van der Waals surface area contributed by atoms with E-state index in [0.29, 0.717) is 39.0 Å². The van der Waals surface area contributed by atoms with Gasteiger partial charge in [-0.05, 0) is 26.7 Å². The van der Waals surface area contributed by atoms with Crippen LogP contribution in [0, 0.1) is 10.8 Å². The molecule has 2 atom stereocenters. The maximum absolute atomic E-state index is 12.5. The number of hydrogen-bond donors (Lipinski definition) is 0. The Morgan fingerprint density at radius 2 is 0.955 bits per heavy atom. The van der Waals surface area contributed by atoms with Crippen LogP contribution >= 0.6 is 46.4 Å². The number of nitrogens with zero attached hydrogens (tertiary/aromatic N) is 2. The molecule has 3 fully saturated rings. The Bertz CT molecular complexity index is 497. The first kappa shape index (κ1) is 16.9. The van der Waals surface area contributed by atoms with Crippen molar-refractivity contribution < 1.29 is 9.59 Å². The van der Waals surface area contributed by atoms with Crippen molar-refractivity contribution in [3.63, 3.8) is 0 Å². The van der Waals surface area contributed by atoms with Gasteiger partial charge >= 0.3 is 0 Å². The van der Waals surface area contributed by atoms with Crippen LogP contribution in [0.1, 0.15) is 26.7 Å². The quantitative estimate of drug-likeness (QED) is 0.683. The lowest BCUT2D eigenvalue weighted by atomic mass is 10.1. The lowest BCUT2D eigenvalue weighted by Gasteiger charge is -2.37. The summed E-state index contributed by atoms with van der Waals surface area (Å²) in [6.07, 6.45) is 0.945. The van der Waals surface area contributed by atoms with Gasteiger partial charge in [0.2, 0.25) is 11.8 Å². The highest BCUT2D eigenvalue weighted by Gasteiger charge is 2.70. The highest BCUT2D eigenvalue weighted by atomic mass is 35.5.